The maximum absolute atomic E-state index is 13.1. The number of hydrogen-bond acceptors (Lipinski definition) is 5. The number of aryl methyl sites for hydroxylation is 1. The van der Waals surface area contributed by atoms with Gasteiger partial charge in [0.1, 0.15) is 11.3 Å². The van der Waals surface area contributed by atoms with Crippen molar-refractivity contribution in [3.05, 3.63) is 35.9 Å². The van der Waals surface area contributed by atoms with E-state index in [4.69, 9.17) is 0 Å². The van der Waals surface area contributed by atoms with Crippen LogP contribution in [0, 0.1) is 12.7 Å². The van der Waals surface area contributed by atoms with Crippen molar-refractivity contribution in [1.82, 2.24) is 19.9 Å². The van der Waals surface area contributed by atoms with Crippen molar-refractivity contribution in [2.45, 2.75) is 6.92 Å². The molecule has 102 valence electrons. The molecule has 0 aliphatic rings. The summed E-state index contributed by atoms with van der Waals surface area (Å²) in [6.07, 6.45) is 1.56. The van der Waals surface area contributed by atoms with E-state index >= 15 is 0 Å². The van der Waals surface area contributed by atoms with Crippen molar-refractivity contribution >= 4 is 28.6 Å². The lowest BCUT2D eigenvalue weighted by Gasteiger charge is -2.10. The zero-order valence-electron chi connectivity index (χ0n) is 11.0. The average Bonchev–Trinajstić information content (AvgIpc) is 2.90. The van der Waals surface area contributed by atoms with E-state index in [0.29, 0.717) is 22.9 Å². The Morgan fingerprint density at radius 3 is 2.85 bits per heavy atom. The number of rotatable bonds is 3. The SMILES string of the molecule is CNc1nc(Nc2ccc(F)cc2C)c2[nH]cnc2n1. The van der Waals surface area contributed by atoms with Crippen molar-refractivity contribution < 1.29 is 4.39 Å². The van der Waals surface area contributed by atoms with Gasteiger partial charge in [0.05, 0.1) is 6.33 Å². The Kier molecular flexibility index (Phi) is 2.94. The summed E-state index contributed by atoms with van der Waals surface area (Å²) in [6, 6.07) is 4.54. The average molecular weight is 272 g/mol. The maximum Gasteiger partial charge on any atom is 0.226 e. The summed E-state index contributed by atoms with van der Waals surface area (Å²) in [4.78, 5) is 15.7. The number of halogens is 1. The Balaban J connectivity index is 2.07. The third kappa shape index (κ3) is 2.13. The van der Waals surface area contributed by atoms with Crippen LogP contribution in [0.4, 0.5) is 21.8 Å². The molecule has 0 unspecified atom stereocenters. The number of fused-ring (bicyclic) bond motifs is 1. The lowest BCUT2D eigenvalue weighted by Crippen LogP contribution is -2.02. The van der Waals surface area contributed by atoms with Crippen LogP contribution < -0.4 is 10.6 Å². The number of nitrogens with one attached hydrogen (secondary N) is 3. The zero-order chi connectivity index (χ0) is 14.1. The van der Waals surface area contributed by atoms with Crippen molar-refractivity contribution in [3.63, 3.8) is 0 Å². The molecule has 0 spiro atoms. The van der Waals surface area contributed by atoms with E-state index in [1.165, 1.54) is 12.1 Å². The van der Waals surface area contributed by atoms with E-state index in [1.807, 2.05) is 6.92 Å². The predicted molar refractivity (Wildman–Crippen MR) is 75.7 cm³/mol. The number of nitrogens with zero attached hydrogens (tertiary/aromatic N) is 3. The first-order valence-electron chi connectivity index (χ1n) is 6.09. The summed E-state index contributed by atoms with van der Waals surface area (Å²) in [6.45, 7) is 1.83. The van der Waals surface area contributed by atoms with E-state index in [0.717, 1.165) is 11.3 Å². The molecule has 1 aromatic carbocycles. The summed E-state index contributed by atoms with van der Waals surface area (Å²) >= 11 is 0. The Bertz CT molecular complexity index is 767. The topological polar surface area (TPSA) is 78.5 Å². The fraction of sp³-hybridized carbons (Fsp3) is 0.154. The van der Waals surface area contributed by atoms with Gasteiger partial charge < -0.3 is 15.6 Å². The summed E-state index contributed by atoms with van der Waals surface area (Å²) in [7, 11) is 1.74. The van der Waals surface area contributed by atoms with Crippen LogP contribution >= 0.6 is 0 Å². The van der Waals surface area contributed by atoms with Gasteiger partial charge in [-0.05, 0) is 30.7 Å². The normalized spacial score (nSPS) is 10.8. The fourth-order valence-corrected chi connectivity index (χ4v) is 1.93. The molecule has 3 N–H and O–H groups in total. The molecule has 0 saturated carbocycles. The minimum Gasteiger partial charge on any atom is -0.357 e. The Hall–Kier alpha value is -2.70. The smallest absolute Gasteiger partial charge is 0.226 e. The maximum atomic E-state index is 13.1. The lowest BCUT2D eigenvalue weighted by molar-refractivity contribution is 0.627. The van der Waals surface area contributed by atoms with Crippen LogP contribution in [0.5, 0.6) is 0 Å². The molecule has 7 heteroatoms. The molecule has 0 radical (unpaired) electrons. The molecule has 0 atom stereocenters. The van der Waals surface area contributed by atoms with Crippen LogP contribution in [-0.2, 0) is 0 Å². The van der Waals surface area contributed by atoms with E-state index < -0.39 is 0 Å². The van der Waals surface area contributed by atoms with Crippen LogP contribution in [0.2, 0.25) is 0 Å². The number of H-pyrrole nitrogens is 1. The Labute approximate surface area is 114 Å². The number of aromatic amines is 1. The molecule has 2 heterocycles. The van der Waals surface area contributed by atoms with Gasteiger partial charge in [0.25, 0.3) is 0 Å². The second kappa shape index (κ2) is 4.76. The highest BCUT2D eigenvalue weighted by atomic mass is 19.1. The van der Waals surface area contributed by atoms with Gasteiger partial charge in [-0.2, -0.15) is 9.97 Å². The third-order valence-corrected chi connectivity index (χ3v) is 2.95. The second-order valence-electron chi connectivity index (χ2n) is 4.33. The molecular weight excluding hydrogens is 259 g/mol. The standard InChI is InChI=1S/C13H13FN6/c1-7-5-8(14)3-4-9(7)18-12-10-11(17-6-16-10)19-13(15-2)20-12/h3-6H,1-2H3,(H3,15,16,17,18,19,20). The second-order valence-corrected chi connectivity index (χ2v) is 4.33. The van der Waals surface area contributed by atoms with Gasteiger partial charge in [-0.15, -0.1) is 0 Å². The van der Waals surface area contributed by atoms with Gasteiger partial charge in [-0.1, -0.05) is 0 Å². The molecule has 0 fully saturated rings. The molecule has 3 rings (SSSR count). The molecule has 0 amide bonds. The minimum absolute atomic E-state index is 0.265. The van der Waals surface area contributed by atoms with Crippen LogP contribution in [-0.4, -0.2) is 27.0 Å². The van der Waals surface area contributed by atoms with Crippen molar-refractivity contribution in [1.29, 1.82) is 0 Å². The monoisotopic (exact) mass is 272 g/mol. The number of imidazole rings is 1. The van der Waals surface area contributed by atoms with Crippen LogP contribution in [0.3, 0.4) is 0 Å². The summed E-state index contributed by atoms with van der Waals surface area (Å²) in [5, 5.41) is 6.06. The van der Waals surface area contributed by atoms with Gasteiger partial charge in [-0.25, -0.2) is 9.37 Å². The van der Waals surface area contributed by atoms with Crippen molar-refractivity contribution in [2.75, 3.05) is 17.7 Å². The van der Waals surface area contributed by atoms with E-state index in [-0.39, 0.29) is 5.82 Å². The number of anilines is 3. The molecule has 2 aromatic heterocycles. The summed E-state index contributed by atoms with van der Waals surface area (Å²) in [5.41, 5.74) is 2.84. The van der Waals surface area contributed by atoms with Gasteiger partial charge in [-0.3, -0.25) is 0 Å². The number of hydrogen-bond donors (Lipinski definition) is 3. The van der Waals surface area contributed by atoms with Crippen molar-refractivity contribution in [2.24, 2.45) is 0 Å². The quantitative estimate of drug-likeness (QED) is 0.683. The summed E-state index contributed by atoms with van der Waals surface area (Å²) in [5.74, 6) is 0.789. The molecule has 0 saturated heterocycles. The third-order valence-electron chi connectivity index (χ3n) is 2.95. The largest absolute Gasteiger partial charge is 0.357 e. The zero-order valence-corrected chi connectivity index (χ0v) is 11.0. The molecule has 6 nitrogen and oxygen atoms in total. The molecule has 3 aromatic rings. The Morgan fingerprint density at radius 1 is 1.25 bits per heavy atom. The van der Waals surface area contributed by atoms with Gasteiger partial charge >= 0.3 is 0 Å². The highest BCUT2D eigenvalue weighted by molar-refractivity contribution is 5.86. The van der Waals surface area contributed by atoms with Crippen LogP contribution in [0.1, 0.15) is 5.56 Å². The molecule has 20 heavy (non-hydrogen) atoms. The van der Waals surface area contributed by atoms with Crippen LogP contribution in [0.15, 0.2) is 24.5 Å². The molecule has 0 aliphatic heterocycles. The molecular formula is C13H13FN6. The Morgan fingerprint density at radius 2 is 2.10 bits per heavy atom. The predicted octanol–water partition coefficient (Wildman–Crippen LogP) is 2.59. The first-order valence-corrected chi connectivity index (χ1v) is 6.09. The van der Waals surface area contributed by atoms with Gasteiger partial charge in [0.15, 0.2) is 11.5 Å². The number of benzene rings is 1. The summed E-state index contributed by atoms with van der Waals surface area (Å²) < 4.78 is 13.1. The molecule has 0 aliphatic carbocycles. The first-order chi connectivity index (χ1) is 9.67. The van der Waals surface area contributed by atoms with Crippen molar-refractivity contribution in [3.8, 4) is 0 Å². The molecule has 0 bridgehead atoms. The number of aromatic nitrogens is 4. The van der Waals surface area contributed by atoms with E-state index in [9.17, 15) is 4.39 Å². The van der Waals surface area contributed by atoms with Crippen LogP contribution in [0.25, 0.3) is 11.2 Å². The first kappa shape index (κ1) is 12.3. The minimum atomic E-state index is -0.265. The van der Waals surface area contributed by atoms with Gasteiger partial charge in [0.2, 0.25) is 5.95 Å². The van der Waals surface area contributed by atoms with E-state index in [1.54, 1.807) is 19.4 Å². The lowest BCUT2D eigenvalue weighted by atomic mass is 10.2. The fourth-order valence-electron chi connectivity index (χ4n) is 1.93. The highest BCUT2D eigenvalue weighted by Gasteiger charge is 2.10. The van der Waals surface area contributed by atoms with Gasteiger partial charge in [0, 0.05) is 12.7 Å². The van der Waals surface area contributed by atoms with E-state index in [2.05, 4.69) is 30.6 Å². The highest BCUT2D eigenvalue weighted by Crippen LogP contribution is 2.25.